The first-order chi connectivity index (χ1) is 12.4. The monoisotopic (exact) mass is 376 g/mol. The number of para-hydroxylation sites is 1. The third-order valence-corrected chi connectivity index (χ3v) is 4.81. The van der Waals surface area contributed by atoms with Gasteiger partial charge in [-0.05, 0) is 30.7 Å². The molecule has 0 aliphatic heterocycles. The summed E-state index contributed by atoms with van der Waals surface area (Å²) in [5, 5.41) is 12.9. The van der Waals surface area contributed by atoms with E-state index in [1.54, 1.807) is 6.20 Å². The largest absolute Gasteiger partial charge is 0.352 e. The van der Waals surface area contributed by atoms with Gasteiger partial charge in [-0.1, -0.05) is 18.2 Å². The second-order valence-corrected chi connectivity index (χ2v) is 7.28. The van der Waals surface area contributed by atoms with Crippen LogP contribution in [0.3, 0.4) is 0 Å². The number of carbonyl (C=O) groups is 1. The van der Waals surface area contributed by atoms with Crippen LogP contribution in [0.4, 0.5) is 4.39 Å². The number of aryl methyl sites for hydroxylation is 1. The molecule has 0 saturated carbocycles. The number of benzene rings is 2. The second kappa shape index (κ2) is 7.22. The maximum absolute atomic E-state index is 13.8. The number of carbonyl (C=O) groups excluding carboxylic acids is 1. The van der Waals surface area contributed by atoms with Crippen molar-refractivity contribution in [3.05, 3.63) is 60.0 Å². The van der Waals surface area contributed by atoms with Crippen molar-refractivity contribution in [2.45, 2.75) is 17.9 Å². The summed E-state index contributed by atoms with van der Waals surface area (Å²) in [6.45, 7) is 0.861. The summed E-state index contributed by atoms with van der Waals surface area (Å²) in [6.07, 6.45) is 2.34. The van der Waals surface area contributed by atoms with Crippen molar-refractivity contribution in [2.24, 2.45) is 5.14 Å². The minimum atomic E-state index is -4.01. The first-order valence-electron chi connectivity index (χ1n) is 7.87. The normalized spacial score (nSPS) is 11.6. The van der Waals surface area contributed by atoms with Gasteiger partial charge in [0.1, 0.15) is 5.82 Å². The molecule has 9 heteroatoms. The summed E-state index contributed by atoms with van der Waals surface area (Å²) < 4.78 is 38.3. The smallest absolute Gasteiger partial charge is 0.254 e. The van der Waals surface area contributed by atoms with E-state index in [4.69, 9.17) is 5.14 Å². The molecular weight excluding hydrogens is 359 g/mol. The minimum Gasteiger partial charge on any atom is -0.352 e. The van der Waals surface area contributed by atoms with Crippen molar-refractivity contribution in [3.63, 3.8) is 0 Å². The fourth-order valence-corrected chi connectivity index (χ4v) is 3.13. The number of nitrogens with zero attached hydrogens (tertiary/aromatic N) is 2. The molecule has 2 aromatic carbocycles. The van der Waals surface area contributed by atoms with Crippen molar-refractivity contribution in [1.29, 1.82) is 0 Å². The lowest BCUT2D eigenvalue weighted by Crippen LogP contribution is -2.26. The van der Waals surface area contributed by atoms with E-state index in [9.17, 15) is 17.6 Å². The average molecular weight is 376 g/mol. The summed E-state index contributed by atoms with van der Waals surface area (Å²) >= 11 is 0. The number of halogens is 1. The highest BCUT2D eigenvalue weighted by Crippen LogP contribution is 2.15. The van der Waals surface area contributed by atoms with Gasteiger partial charge in [-0.3, -0.25) is 9.48 Å². The van der Waals surface area contributed by atoms with Crippen molar-refractivity contribution in [1.82, 2.24) is 15.1 Å². The fraction of sp³-hybridized carbons (Fsp3) is 0.176. The number of aromatic nitrogens is 2. The quantitative estimate of drug-likeness (QED) is 0.638. The number of hydrogen-bond donors (Lipinski definition) is 2. The molecule has 0 aliphatic rings. The van der Waals surface area contributed by atoms with Crippen LogP contribution in [0.25, 0.3) is 10.9 Å². The van der Waals surface area contributed by atoms with E-state index >= 15 is 0 Å². The summed E-state index contributed by atoms with van der Waals surface area (Å²) in [5.41, 5.74) is 0.631. The minimum absolute atomic E-state index is 0.284. The van der Waals surface area contributed by atoms with Crippen LogP contribution in [0.15, 0.2) is 53.6 Å². The Balaban J connectivity index is 1.61. The molecule has 1 heterocycles. The number of primary sulfonamides is 1. The lowest BCUT2D eigenvalue weighted by atomic mass is 10.2. The number of nitrogens with two attached hydrogens (primary N) is 1. The molecule has 1 aromatic heterocycles. The molecule has 1 amide bonds. The van der Waals surface area contributed by atoms with Gasteiger partial charge in [0.15, 0.2) is 0 Å². The summed E-state index contributed by atoms with van der Waals surface area (Å²) in [7, 11) is -4.01. The van der Waals surface area contributed by atoms with Gasteiger partial charge >= 0.3 is 0 Å². The molecule has 3 rings (SSSR count). The highest BCUT2D eigenvalue weighted by molar-refractivity contribution is 7.89. The topological polar surface area (TPSA) is 107 Å². The zero-order chi connectivity index (χ0) is 18.7. The Morgan fingerprint density at radius 3 is 2.77 bits per heavy atom. The molecule has 0 unspecified atom stereocenters. The van der Waals surface area contributed by atoms with Gasteiger partial charge in [-0.25, -0.2) is 17.9 Å². The van der Waals surface area contributed by atoms with Gasteiger partial charge in [0.25, 0.3) is 5.91 Å². The van der Waals surface area contributed by atoms with E-state index in [0.29, 0.717) is 13.0 Å². The number of fused-ring (bicyclic) bond motifs is 1. The Bertz CT molecular complexity index is 1060. The Morgan fingerprint density at radius 2 is 2.00 bits per heavy atom. The van der Waals surface area contributed by atoms with Gasteiger partial charge in [0.2, 0.25) is 10.0 Å². The molecule has 0 aliphatic carbocycles. The molecule has 0 radical (unpaired) electrons. The van der Waals surface area contributed by atoms with E-state index in [1.165, 1.54) is 0 Å². The molecule has 0 bridgehead atoms. The van der Waals surface area contributed by atoms with Crippen molar-refractivity contribution < 1.29 is 17.6 Å². The number of amides is 1. The van der Waals surface area contributed by atoms with Gasteiger partial charge in [0, 0.05) is 18.5 Å². The molecule has 0 fully saturated rings. The zero-order valence-corrected chi connectivity index (χ0v) is 14.5. The van der Waals surface area contributed by atoms with Gasteiger partial charge in [-0.15, -0.1) is 0 Å². The molecule has 3 aromatic rings. The fourth-order valence-electron chi connectivity index (χ4n) is 2.59. The first-order valence-corrected chi connectivity index (χ1v) is 9.42. The van der Waals surface area contributed by atoms with Gasteiger partial charge in [0.05, 0.1) is 22.2 Å². The third-order valence-electron chi connectivity index (χ3n) is 3.89. The molecule has 0 saturated heterocycles. The van der Waals surface area contributed by atoms with Crippen LogP contribution in [0, 0.1) is 5.82 Å². The number of hydrogen-bond acceptors (Lipinski definition) is 4. The summed E-state index contributed by atoms with van der Waals surface area (Å²) in [5.74, 6) is -1.51. The number of sulfonamides is 1. The third kappa shape index (κ3) is 3.89. The SMILES string of the molecule is NS(=O)(=O)c1ccc(F)c(C(=O)NCCCn2ncc3ccccc32)c1. The van der Waals surface area contributed by atoms with Crippen LogP contribution in [0.2, 0.25) is 0 Å². The highest BCUT2D eigenvalue weighted by atomic mass is 32.2. The Labute approximate surface area is 149 Å². The second-order valence-electron chi connectivity index (χ2n) is 5.72. The number of rotatable bonds is 6. The van der Waals surface area contributed by atoms with E-state index in [-0.39, 0.29) is 17.0 Å². The van der Waals surface area contributed by atoms with E-state index in [1.807, 2.05) is 28.9 Å². The van der Waals surface area contributed by atoms with Crippen LogP contribution in [-0.4, -0.2) is 30.7 Å². The van der Waals surface area contributed by atoms with Crippen LogP contribution in [0.1, 0.15) is 16.8 Å². The van der Waals surface area contributed by atoms with Crippen LogP contribution >= 0.6 is 0 Å². The maximum Gasteiger partial charge on any atom is 0.254 e. The highest BCUT2D eigenvalue weighted by Gasteiger charge is 2.16. The lowest BCUT2D eigenvalue weighted by Gasteiger charge is -2.08. The predicted molar refractivity (Wildman–Crippen MR) is 94.5 cm³/mol. The van der Waals surface area contributed by atoms with Crippen molar-refractivity contribution in [3.8, 4) is 0 Å². The number of nitrogens with one attached hydrogen (secondary N) is 1. The van der Waals surface area contributed by atoms with Crippen molar-refractivity contribution >= 4 is 26.8 Å². The predicted octanol–water partition coefficient (Wildman–Crippen LogP) is 1.64. The van der Waals surface area contributed by atoms with Crippen LogP contribution in [0.5, 0.6) is 0 Å². The molecular formula is C17H17FN4O3S. The van der Waals surface area contributed by atoms with Gasteiger partial charge < -0.3 is 5.32 Å². The molecule has 136 valence electrons. The summed E-state index contributed by atoms with van der Waals surface area (Å²) in [6, 6.07) is 10.6. The Kier molecular flexibility index (Phi) is 5.01. The van der Waals surface area contributed by atoms with Gasteiger partial charge in [-0.2, -0.15) is 5.10 Å². The Morgan fingerprint density at radius 1 is 1.23 bits per heavy atom. The van der Waals surface area contributed by atoms with E-state index < -0.39 is 21.7 Å². The maximum atomic E-state index is 13.8. The zero-order valence-electron chi connectivity index (χ0n) is 13.7. The molecule has 3 N–H and O–H groups in total. The van der Waals surface area contributed by atoms with Crippen LogP contribution in [-0.2, 0) is 16.6 Å². The average Bonchev–Trinajstić information content (AvgIpc) is 3.01. The van der Waals surface area contributed by atoms with Crippen LogP contribution < -0.4 is 10.5 Å². The Hall–Kier alpha value is -2.78. The van der Waals surface area contributed by atoms with Crippen molar-refractivity contribution in [2.75, 3.05) is 6.54 Å². The summed E-state index contributed by atoms with van der Waals surface area (Å²) in [4.78, 5) is 11.8. The van der Waals surface area contributed by atoms with E-state index in [2.05, 4.69) is 10.4 Å². The lowest BCUT2D eigenvalue weighted by molar-refractivity contribution is 0.0948. The first kappa shape index (κ1) is 18.0. The molecule has 26 heavy (non-hydrogen) atoms. The molecule has 0 spiro atoms. The van der Waals surface area contributed by atoms with E-state index in [0.717, 1.165) is 29.1 Å². The molecule has 0 atom stereocenters. The standard InChI is InChI=1S/C17H17FN4O3S/c18-15-7-6-13(26(19,24)25)10-14(15)17(23)20-8-3-9-22-16-5-2-1-4-12(16)11-21-22/h1-2,4-7,10-11H,3,8-9H2,(H,20,23)(H2,19,24,25). The molecule has 7 nitrogen and oxygen atoms in total.